The quantitative estimate of drug-likeness (QED) is 0.879. The lowest BCUT2D eigenvalue weighted by Crippen LogP contribution is -2.44. The Kier molecular flexibility index (Phi) is 4.90. The molecular weight excluding hydrogens is 252 g/mol. The summed E-state index contributed by atoms with van der Waals surface area (Å²) in [5.41, 5.74) is 1.39. The van der Waals surface area contributed by atoms with E-state index in [2.05, 4.69) is 34.5 Å². The van der Waals surface area contributed by atoms with E-state index in [4.69, 9.17) is 9.47 Å². The fraction of sp³-hybridized carbons (Fsp3) is 0.625. The molecule has 2 fully saturated rings. The van der Waals surface area contributed by atoms with Crippen molar-refractivity contribution in [2.75, 3.05) is 45.9 Å². The van der Waals surface area contributed by atoms with E-state index >= 15 is 0 Å². The fourth-order valence-corrected chi connectivity index (χ4v) is 2.75. The molecule has 1 unspecified atom stereocenters. The van der Waals surface area contributed by atoms with Gasteiger partial charge in [-0.25, -0.2) is 0 Å². The molecule has 1 aromatic carbocycles. The summed E-state index contributed by atoms with van der Waals surface area (Å²) in [6, 6.07) is 8.55. The molecule has 3 rings (SSSR count). The molecule has 2 aliphatic heterocycles. The van der Waals surface area contributed by atoms with Crippen LogP contribution < -0.4 is 10.1 Å². The largest absolute Gasteiger partial charge is 0.488 e. The predicted octanol–water partition coefficient (Wildman–Crippen LogP) is 1.30. The monoisotopic (exact) mass is 276 g/mol. The van der Waals surface area contributed by atoms with Crippen molar-refractivity contribution in [3.05, 3.63) is 29.8 Å². The van der Waals surface area contributed by atoms with Crippen LogP contribution in [0.5, 0.6) is 5.75 Å². The number of rotatable bonds is 5. The fourth-order valence-electron chi connectivity index (χ4n) is 2.75. The third kappa shape index (κ3) is 3.95. The van der Waals surface area contributed by atoms with Gasteiger partial charge in [-0.2, -0.15) is 0 Å². The maximum absolute atomic E-state index is 5.88. The molecule has 0 radical (unpaired) electrons. The van der Waals surface area contributed by atoms with E-state index < -0.39 is 0 Å². The molecule has 0 spiro atoms. The summed E-state index contributed by atoms with van der Waals surface area (Å²) in [7, 11) is 0. The number of piperazine rings is 1. The molecule has 0 amide bonds. The van der Waals surface area contributed by atoms with Gasteiger partial charge in [0.15, 0.2) is 0 Å². The second kappa shape index (κ2) is 7.07. The van der Waals surface area contributed by atoms with Crippen molar-refractivity contribution in [1.29, 1.82) is 0 Å². The van der Waals surface area contributed by atoms with E-state index in [-0.39, 0.29) is 6.10 Å². The average molecular weight is 276 g/mol. The molecular formula is C16H24N2O2. The smallest absolute Gasteiger partial charge is 0.124 e. The van der Waals surface area contributed by atoms with Crippen LogP contribution in [0.25, 0.3) is 0 Å². The van der Waals surface area contributed by atoms with E-state index in [0.29, 0.717) is 0 Å². The number of ether oxygens (including phenoxy) is 2. The standard InChI is InChI=1S/C16H24N2O2/c1-3-15(20-16-6-12-19-13-16)4-2-14(1)5-9-18-10-7-17-8-11-18/h1-4,16-17H,5-13H2. The van der Waals surface area contributed by atoms with Gasteiger partial charge in [0.1, 0.15) is 11.9 Å². The summed E-state index contributed by atoms with van der Waals surface area (Å²) in [5, 5.41) is 3.39. The number of nitrogens with zero attached hydrogens (tertiary/aromatic N) is 1. The van der Waals surface area contributed by atoms with E-state index in [1.165, 1.54) is 18.7 Å². The van der Waals surface area contributed by atoms with Crippen LogP contribution in [0.2, 0.25) is 0 Å². The maximum atomic E-state index is 5.88. The van der Waals surface area contributed by atoms with Crippen molar-refractivity contribution >= 4 is 0 Å². The predicted molar refractivity (Wildman–Crippen MR) is 79.3 cm³/mol. The lowest BCUT2D eigenvalue weighted by Gasteiger charge is -2.27. The Balaban J connectivity index is 1.45. The zero-order chi connectivity index (χ0) is 13.6. The highest BCUT2D eigenvalue weighted by Crippen LogP contribution is 2.18. The van der Waals surface area contributed by atoms with E-state index in [9.17, 15) is 0 Å². The summed E-state index contributed by atoms with van der Waals surface area (Å²) in [6.45, 7) is 7.29. The molecule has 0 bridgehead atoms. The summed E-state index contributed by atoms with van der Waals surface area (Å²) in [5.74, 6) is 0.964. The van der Waals surface area contributed by atoms with Gasteiger partial charge in [0.05, 0.1) is 13.2 Å². The number of hydrogen-bond acceptors (Lipinski definition) is 4. The highest BCUT2D eigenvalue weighted by Gasteiger charge is 2.17. The van der Waals surface area contributed by atoms with Crippen molar-refractivity contribution < 1.29 is 9.47 Å². The van der Waals surface area contributed by atoms with Crippen LogP contribution in [0, 0.1) is 0 Å². The highest BCUT2D eigenvalue weighted by atomic mass is 16.5. The Morgan fingerprint density at radius 1 is 1.20 bits per heavy atom. The first-order valence-corrected chi connectivity index (χ1v) is 7.66. The summed E-state index contributed by atoms with van der Waals surface area (Å²) < 4.78 is 11.2. The van der Waals surface area contributed by atoms with Crippen LogP contribution in [0.1, 0.15) is 12.0 Å². The van der Waals surface area contributed by atoms with Crippen LogP contribution >= 0.6 is 0 Å². The Morgan fingerprint density at radius 2 is 2.00 bits per heavy atom. The first-order chi connectivity index (χ1) is 9.90. The number of hydrogen-bond donors (Lipinski definition) is 1. The van der Waals surface area contributed by atoms with Crippen molar-refractivity contribution in [1.82, 2.24) is 10.2 Å². The molecule has 4 nitrogen and oxygen atoms in total. The molecule has 2 aliphatic rings. The lowest BCUT2D eigenvalue weighted by atomic mass is 10.1. The summed E-state index contributed by atoms with van der Waals surface area (Å²) in [4.78, 5) is 2.52. The second-order valence-electron chi connectivity index (χ2n) is 5.59. The third-order valence-electron chi connectivity index (χ3n) is 4.04. The topological polar surface area (TPSA) is 33.7 Å². The summed E-state index contributed by atoms with van der Waals surface area (Å²) in [6.07, 6.45) is 2.36. The van der Waals surface area contributed by atoms with Gasteiger partial charge in [0.2, 0.25) is 0 Å². The molecule has 1 N–H and O–H groups in total. The normalized spacial score (nSPS) is 23.9. The molecule has 2 saturated heterocycles. The molecule has 1 atom stereocenters. The first-order valence-electron chi connectivity index (χ1n) is 7.66. The minimum Gasteiger partial charge on any atom is -0.488 e. The summed E-state index contributed by atoms with van der Waals surface area (Å²) >= 11 is 0. The minimum absolute atomic E-state index is 0.238. The van der Waals surface area contributed by atoms with Crippen LogP contribution in [0.15, 0.2) is 24.3 Å². The third-order valence-corrected chi connectivity index (χ3v) is 4.04. The van der Waals surface area contributed by atoms with Crippen molar-refractivity contribution in [2.45, 2.75) is 18.9 Å². The lowest BCUT2D eigenvalue weighted by molar-refractivity contribution is 0.141. The van der Waals surface area contributed by atoms with Gasteiger partial charge in [-0.3, -0.25) is 0 Å². The van der Waals surface area contributed by atoms with Crippen molar-refractivity contribution in [3.63, 3.8) is 0 Å². The van der Waals surface area contributed by atoms with Crippen molar-refractivity contribution in [2.24, 2.45) is 0 Å². The second-order valence-corrected chi connectivity index (χ2v) is 5.59. The van der Waals surface area contributed by atoms with Gasteiger partial charge < -0.3 is 19.7 Å². The number of benzene rings is 1. The van der Waals surface area contributed by atoms with Gasteiger partial charge in [0, 0.05) is 39.1 Å². The number of nitrogens with one attached hydrogen (secondary N) is 1. The minimum atomic E-state index is 0.238. The molecule has 4 heteroatoms. The molecule has 0 saturated carbocycles. The highest BCUT2D eigenvalue weighted by molar-refractivity contribution is 5.27. The van der Waals surface area contributed by atoms with E-state index in [0.717, 1.165) is 51.4 Å². The Morgan fingerprint density at radius 3 is 2.70 bits per heavy atom. The zero-order valence-electron chi connectivity index (χ0n) is 12.0. The van der Waals surface area contributed by atoms with Crippen LogP contribution in [-0.4, -0.2) is 56.9 Å². The molecule has 0 aromatic heterocycles. The van der Waals surface area contributed by atoms with Crippen LogP contribution in [0.4, 0.5) is 0 Å². The van der Waals surface area contributed by atoms with E-state index in [1.54, 1.807) is 0 Å². The molecule has 2 heterocycles. The van der Waals surface area contributed by atoms with Gasteiger partial charge in [-0.1, -0.05) is 12.1 Å². The molecule has 20 heavy (non-hydrogen) atoms. The van der Waals surface area contributed by atoms with Gasteiger partial charge in [-0.05, 0) is 24.1 Å². The Labute approximate surface area is 121 Å². The van der Waals surface area contributed by atoms with Gasteiger partial charge in [-0.15, -0.1) is 0 Å². The Bertz CT molecular complexity index is 395. The van der Waals surface area contributed by atoms with Crippen LogP contribution in [0.3, 0.4) is 0 Å². The first kappa shape index (κ1) is 13.9. The zero-order valence-corrected chi connectivity index (χ0v) is 12.0. The van der Waals surface area contributed by atoms with E-state index in [1.807, 2.05) is 0 Å². The molecule has 1 aromatic rings. The van der Waals surface area contributed by atoms with Gasteiger partial charge in [0.25, 0.3) is 0 Å². The SMILES string of the molecule is c1cc(OC2CCOC2)ccc1CCN1CCNCC1. The van der Waals surface area contributed by atoms with Gasteiger partial charge >= 0.3 is 0 Å². The average Bonchev–Trinajstić information content (AvgIpc) is 3.01. The van der Waals surface area contributed by atoms with Crippen molar-refractivity contribution in [3.8, 4) is 5.75 Å². The van der Waals surface area contributed by atoms with Crippen LogP contribution in [-0.2, 0) is 11.2 Å². The maximum Gasteiger partial charge on any atom is 0.124 e. The Hall–Kier alpha value is -1.10. The molecule has 110 valence electrons. The molecule has 0 aliphatic carbocycles.